The number of likely N-dealkylation sites (N-methyl/N-ethyl adjacent to an activating group) is 1. The molecule has 2 aromatic rings. The number of halogens is 3. The molecule has 0 atom stereocenters. The fraction of sp³-hybridized carbons (Fsp3) is 0.263. The molecule has 0 aliphatic carbocycles. The van der Waals surface area contributed by atoms with E-state index in [9.17, 15) is 31.2 Å². The summed E-state index contributed by atoms with van der Waals surface area (Å²) in [5, 5.41) is 2.10. The van der Waals surface area contributed by atoms with E-state index in [0.29, 0.717) is 0 Å². The van der Waals surface area contributed by atoms with Crippen LogP contribution in [0.2, 0.25) is 0 Å². The average molecular weight is 444 g/mol. The van der Waals surface area contributed by atoms with E-state index in [1.165, 1.54) is 43.3 Å². The van der Waals surface area contributed by atoms with Crippen molar-refractivity contribution in [3.63, 3.8) is 0 Å². The molecule has 0 radical (unpaired) electrons. The number of rotatable bonds is 7. The van der Waals surface area contributed by atoms with E-state index in [-0.39, 0.29) is 17.0 Å². The molecule has 162 valence electrons. The zero-order chi connectivity index (χ0) is 22.5. The first-order valence-electron chi connectivity index (χ1n) is 8.66. The van der Waals surface area contributed by atoms with Gasteiger partial charge in [-0.2, -0.15) is 17.5 Å². The number of carbonyl (C=O) groups is 2. The fourth-order valence-corrected chi connectivity index (χ4v) is 4.25. The standard InChI is InChI=1S/C19H19F3N2O5S/c1-3-24(30(27,28)16-11-7-4-8-13(16)18(26)29-2)12-17(25)23-15-10-6-5-9-14(15)19(20,21)22/h4-11H,3,12H2,1-2H3,(H,23,25). The van der Waals surface area contributed by atoms with E-state index in [1.54, 1.807) is 0 Å². The van der Waals surface area contributed by atoms with E-state index in [1.807, 2.05) is 0 Å². The number of hydrogen-bond acceptors (Lipinski definition) is 5. The fourth-order valence-electron chi connectivity index (χ4n) is 2.67. The van der Waals surface area contributed by atoms with Crippen LogP contribution in [0.25, 0.3) is 0 Å². The first kappa shape index (κ1) is 23.4. The lowest BCUT2D eigenvalue weighted by Crippen LogP contribution is -2.38. The van der Waals surface area contributed by atoms with Gasteiger partial charge in [-0.15, -0.1) is 0 Å². The Hall–Kier alpha value is -2.92. The summed E-state index contributed by atoms with van der Waals surface area (Å²) >= 11 is 0. The maximum atomic E-state index is 13.1. The highest BCUT2D eigenvalue weighted by molar-refractivity contribution is 7.89. The van der Waals surface area contributed by atoms with Gasteiger partial charge in [0.05, 0.1) is 35.4 Å². The second kappa shape index (κ2) is 9.26. The van der Waals surface area contributed by atoms with Gasteiger partial charge in [-0.1, -0.05) is 31.2 Å². The molecule has 0 aliphatic rings. The number of ether oxygens (including phenoxy) is 1. The SMILES string of the molecule is CCN(CC(=O)Nc1ccccc1C(F)(F)F)S(=O)(=O)c1ccccc1C(=O)OC. The predicted octanol–water partition coefficient (Wildman–Crippen LogP) is 3.14. The highest BCUT2D eigenvalue weighted by atomic mass is 32.2. The van der Waals surface area contributed by atoms with Gasteiger partial charge < -0.3 is 10.1 Å². The highest BCUT2D eigenvalue weighted by Crippen LogP contribution is 2.34. The molecule has 0 bridgehead atoms. The number of alkyl halides is 3. The van der Waals surface area contributed by atoms with Gasteiger partial charge in [0, 0.05) is 6.54 Å². The van der Waals surface area contributed by atoms with E-state index in [2.05, 4.69) is 10.1 Å². The van der Waals surface area contributed by atoms with Crippen LogP contribution in [0.15, 0.2) is 53.4 Å². The minimum absolute atomic E-state index is 0.161. The van der Waals surface area contributed by atoms with Crippen LogP contribution in [0.4, 0.5) is 18.9 Å². The van der Waals surface area contributed by atoms with Gasteiger partial charge in [0.1, 0.15) is 0 Å². The number of anilines is 1. The van der Waals surface area contributed by atoms with Crippen molar-refractivity contribution >= 4 is 27.6 Å². The molecule has 30 heavy (non-hydrogen) atoms. The monoisotopic (exact) mass is 444 g/mol. The Morgan fingerprint density at radius 2 is 1.67 bits per heavy atom. The zero-order valence-electron chi connectivity index (χ0n) is 16.1. The molecule has 11 heteroatoms. The van der Waals surface area contributed by atoms with Crippen LogP contribution in [0, 0.1) is 0 Å². The minimum atomic E-state index is -4.69. The van der Waals surface area contributed by atoms with Crippen LogP contribution in [-0.2, 0) is 25.7 Å². The summed E-state index contributed by atoms with van der Waals surface area (Å²) in [6.07, 6.45) is -4.69. The summed E-state index contributed by atoms with van der Waals surface area (Å²) in [5.74, 6) is -1.85. The molecular weight excluding hydrogens is 425 g/mol. The van der Waals surface area contributed by atoms with Crippen molar-refractivity contribution in [1.29, 1.82) is 0 Å². The third-order valence-corrected chi connectivity index (χ3v) is 6.07. The van der Waals surface area contributed by atoms with Crippen molar-refractivity contribution < 1.29 is 35.9 Å². The van der Waals surface area contributed by atoms with Gasteiger partial charge >= 0.3 is 12.1 Å². The van der Waals surface area contributed by atoms with Crippen molar-refractivity contribution in [2.45, 2.75) is 18.0 Å². The number of hydrogen-bond donors (Lipinski definition) is 1. The summed E-state index contributed by atoms with van der Waals surface area (Å²) in [6.45, 7) is 0.544. The summed E-state index contributed by atoms with van der Waals surface area (Å²) in [7, 11) is -3.22. The number of carbonyl (C=O) groups excluding carboxylic acids is 2. The number of para-hydroxylation sites is 1. The number of nitrogens with one attached hydrogen (secondary N) is 1. The molecule has 0 fully saturated rings. The Morgan fingerprint density at radius 1 is 1.07 bits per heavy atom. The lowest BCUT2D eigenvalue weighted by molar-refractivity contribution is -0.137. The molecule has 0 aromatic heterocycles. The Morgan fingerprint density at radius 3 is 2.27 bits per heavy atom. The molecule has 0 unspecified atom stereocenters. The lowest BCUT2D eigenvalue weighted by Gasteiger charge is -2.22. The first-order chi connectivity index (χ1) is 14.0. The second-order valence-corrected chi connectivity index (χ2v) is 7.92. The smallest absolute Gasteiger partial charge is 0.418 e. The minimum Gasteiger partial charge on any atom is -0.465 e. The van der Waals surface area contributed by atoms with Crippen LogP contribution in [0.5, 0.6) is 0 Å². The Labute approximate surface area is 171 Å². The number of esters is 1. The van der Waals surface area contributed by atoms with E-state index >= 15 is 0 Å². The van der Waals surface area contributed by atoms with Gasteiger partial charge in [0.2, 0.25) is 15.9 Å². The quantitative estimate of drug-likeness (QED) is 0.663. The van der Waals surface area contributed by atoms with Crippen molar-refractivity contribution in [1.82, 2.24) is 4.31 Å². The summed E-state index contributed by atoms with van der Waals surface area (Å²) in [4.78, 5) is 23.9. The molecule has 0 aliphatic heterocycles. The average Bonchev–Trinajstić information content (AvgIpc) is 2.70. The van der Waals surface area contributed by atoms with Crippen molar-refractivity contribution in [2.24, 2.45) is 0 Å². The molecule has 7 nitrogen and oxygen atoms in total. The predicted molar refractivity (Wildman–Crippen MR) is 102 cm³/mol. The normalized spacial score (nSPS) is 11.9. The third-order valence-electron chi connectivity index (χ3n) is 4.09. The van der Waals surface area contributed by atoms with Gasteiger partial charge in [-0.3, -0.25) is 4.79 Å². The molecule has 2 aromatic carbocycles. The number of sulfonamides is 1. The highest BCUT2D eigenvalue weighted by Gasteiger charge is 2.34. The van der Waals surface area contributed by atoms with E-state index in [4.69, 9.17) is 0 Å². The van der Waals surface area contributed by atoms with Crippen molar-refractivity contribution in [3.05, 3.63) is 59.7 Å². The van der Waals surface area contributed by atoms with Crippen LogP contribution in [-0.4, -0.2) is 44.8 Å². The maximum Gasteiger partial charge on any atom is 0.418 e. The van der Waals surface area contributed by atoms with Crippen molar-refractivity contribution in [3.8, 4) is 0 Å². The van der Waals surface area contributed by atoms with Crippen molar-refractivity contribution in [2.75, 3.05) is 25.5 Å². The molecule has 0 spiro atoms. The van der Waals surface area contributed by atoms with Gasteiger partial charge in [0.15, 0.2) is 0 Å². The Balaban J connectivity index is 2.30. The Bertz CT molecular complexity index is 1040. The van der Waals surface area contributed by atoms with Crippen LogP contribution < -0.4 is 5.32 Å². The van der Waals surface area contributed by atoms with Crippen LogP contribution in [0.1, 0.15) is 22.8 Å². The van der Waals surface area contributed by atoms with Gasteiger partial charge in [-0.25, -0.2) is 13.2 Å². The largest absolute Gasteiger partial charge is 0.465 e. The van der Waals surface area contributed by atoms with Crippen LogP contribution in [0.3, 0.4) is 0 Å². The number of nitrogens with zero attached hydrogens (tertiary/aromatic N) is 1. The molecular formula is C19H19F3N2O5S. The van der Waals surface area contributed by atoms with Gasteiger partial charge in [-0.05, 0) is 24.3 Å². The first-order valence-corrected chi connectivity index (χ1v) is 10.1. The summed E-state index contributed by atoms with van der Waals surface area (Å²) in [6, 6.07) is 9.63. The second-order valence-electron chi connectivity index (χ2n) is 6.01. The number of methoxy groups -OCH3 is 1. The topological polar surface area (TPSA) is 92.8 Å². The van der Waals surface area contributed by atoms with Crippen LogP contribution >= 0.6 is 0 Å². The molecule has 0 heterocycles. The molecule has 0 saturated heterocycles. The summed E-state index contributed by atoms with van der Waals surface area (Å²) in [5.41, 5.74) is -1.76. The zero-order valence-corrected chi connectivity index (χ0v) is 16.9. The van der Waals surface area contributed by atoms with E-state index < -0.39 is 45.9 Å². The number of amides is 1. The number of benzene rings is 2. The molecule has 2 rings (SSSR count). The maximum absolute atomic E-state index is 13.1. The molecule has 0 saturated carbocycles. The molecule has 1 amide bonds. The summed E-state index contributed by atoms with van der Waals surface area (Å²) < 4.78 is 70.6. The lowest BCUT2D eigenvalue weighted by atomic mass is 10.1. The van der Waals surface area contributed by atoms with Gasteiger partial charge in [0.25, 0.3) is 0 Å². The third kappa shape index (κ3) is 5.16. The Kier molecular flexibility index (Phi) is 7.21. The molecule has 1 N–H and O–H groups in total. The van der Waals surface area contributed by atoms with E-state index in [0.717, 1.165) is 23.5 Å².